The summed E-state index contributed by atoms with van der Waals surface area (Å²) in [5.41, 5.74) is 1.76. The van der Waals surface area contributed by atoms with Crippen LogP contribution in [-0.4, -0.2) is 45.1 Å². The van der Waals surface area contributed by atoms with Crippen LogP contribution in [-0.2, 0) is 27.2 Å². The SMILES string of the molecule is COc1ccccc1C1(CNS(=O)(=O)c2c(C)nn(C)c2C)CCOCC1. The van der Waals surface area contributed by atoms with Crippen LogP contribution in [0.3, 0.4) is 0 Å². The van der Waals surface area contributed by atoms with Crippen LogP contribution in [0.2, 0.25) is 0 Å². The van der Waals surface area contributed by atoms with Gasteiger partial charge < -0.3 is 9.47 Å². The fourth-order valence-electron chi connectivity index (χ4n) is 3.83. The molecule has 0 spiro atoms. The zero-order chi connectivity index (χ0) is 19.7. The van der Waals surface area contributed by atoms with Crippen molar-refractivity contribution >= 4 is 10.0 Å². The average Bonchev–Trinajstić information content (AvgIpc) is 2.93. The number of methoxy groups -OCH3 is 1. The van der Waals surface area contributed by atoms with Gasteiger partial charge in [0.15, 0.2) is 0 Å². The Morgan fingerprint density at radius 3 is 2.52 bits per heavy atom. The maximum absolute atomic E-state index is 13.0. The number of rotatable bonds is 6. The Morgan fingerprint density at radius 1 is 1.26 bits per heavy atom. The molecule has 0 amide bonds. The van der Waals surface area contributed by atoms with Crippen LogP contribution in [0.1, 0.15) is 29.8 Å². The molecule has 0 radical (unpaired) electrons. The summed E-state index contributed by atoms with van der Waals surface area (Å²) in [6, 6.07) is 7.80. The van der Waals surface area contributed by atoms with Crippen molar-refractivity contribution < 1.29 is 17.9 Å². The Labute approximate surface area is 160 Å². The molecule has 8 heteroatoms. The lowest BCUT2D eigenvalue weighted by molar-refractivity contribution is 0.0509. The van der Waals surface area contributed by atoms with Gasteiger partial charge in [0, 0.05) is 37.8 Å². The fourth-order valence-corrected chi connectivity index (χ4v) is 5.40. The Balaban J connectivity index is 1.94. The second-order valence-corrected chi connectivity index (χ2v) is 8.74. The van der Waals surface area contributed by atoms with Gasteiger partial charge in [0.1, 0.15) is 10.6 Å². The zero-order valence-electron chi connectivity index (χ0n) is 16.3. The second kappa shape index (κ2) is 7.61. The van der Waals surface area contributed by atoms with Crippen LogP contribution >= 0.6 is 0 Å². The van der Waals surface area contributed by atoms with Crippen LogP contribution in [0.15, 0.2) is 29.2 Å². The van der Waals surface area contributed by atoms with E-state index in [0.717, 1.165) is 24.2 Å². The summed E-state index contributed by atoms with van der Waals surface area (Å²) in [6.07, 6.45) is 1.45. The molecule has 1 aromatic heterocycles. The van der Waals surface area contributed by atoms with Crippen LogP contribution in [0.25, 0.3) is 0 Å². The first-order valence-corrected chi connectivity index (χ1v) is 10.5. The fraction of sp³-hybridized carbons (Fsp3) is 0.526. The monoisotopic (exact) mass is 393 g/mol. The Morgan fingerprint density at radius 2 is 1.93 bits per heavy atom. The minimum atomic E-state index is -3.68. The minimum Gasteiger partial charge on any atom is -0.496 e. The standard InChI is InChI=1S/C19H27N3O4S/c1-14-18(15(2)22(3)21-14)27(23,24)20-13-19(9-11-26-12-10-19)16-7-5-6-8-17(16)25-4/h5-8,20H,9-13H2,1-4H3. The third-order valence-corrected chi connectivity index (χ3v) is 7.09. The van der Waals surface area contributed by atoms with E-state index in [-0.39, 0.29) is 16.9 Å². The highest BCUT2D eigenvalue weighted by Gasteiger charge is 2.38. The van der Waals surface area contributed by atoms with E-state index in [2.05, 4.69) is 9.82 Å². The molecule has 2 heterocycles. The Hall–Kier alpha value is -1.90. The average molecular weight is 394 g/mol. The summed E-state index contributed by atoms with van der Waals surface area (Å²) in [7, 11) is -0.297. The number of benzene rings is 1. The number of aryl methyl sites for hydroxylation is 2. The second-order valence-electron chi connectivity index (χ2n) is 7.04. The molecule has 1 fully saturated rings. The number of nitrogens with zero attached hydrogens (tertiary/aromatic N) is 2. The molecule has 7 nitrogen and oxygen atoms in total. The normalized spacial score (nSPS) is 17.0. The summed E-state index contributed by atoms with van der Waals surface area (Å²) >= 11 is 0. The maximum atomic E-state index is 13.0. The number of hydrogen-bond acceptors (Lipinski definition) is 5. The summed E-state index contributed by atoms with van der Waals surface area (Å²) in [4.78, 5) is 0.257. The van der Waals surface area contributed by atoms with Gasteiger partial charge in [-0.25, -0.2) is 13.1 Å². The Kier molecular flexibility index (Phi) is 5.60. The van der Waals surface area contributed by atoms with Crippen molar-refractivity contribution in [2.24, 2.45) is 7.05 Å². The van der Waals surface area contributed by atoms with Crippen molar-refractivity contribution in [3.05, 3.63) is 41.2 Å². The van der Waals surface area contributed by atoms with Crippen molar-refractivity contribution in [1.29, 1.82) is 0 Å². The van der Waals surface area contributed by atoms with E-state index in [1.165, 1.54) is 0 Å². The largest absolute Gasteiger partial charge is 0.496 e. The molecule has 27 heavy (non-hydrogen) atoms. The highest BCUT2D eigenvalue weighted by atomic mass is 32.2. The van der Waals surface area contributed by atoms with E-state index in [1.54, 1.807) is 32.7 Å². The third-order valence-electron chi connectivity index (χ3n) is 5.44. The van der Waals surface area contributed by atoms with Crippen molar-refractivity contribution in [2.45, 2.75) is 37.0 Å². The predicted octanol–water partition coefficient (Wildman–Crippen LogP) is 2.07. The quantitative estimate of drug-likeness (QED) is 0.812. The minimum absolute atomic E-state index is 0.257. The van der Waals surface area contributed by atoms with Gasteiger partial charge in [-0.2, -0.15) is 5.10 Å². The number of nitrogens with one attached hydrogen (secondary N) is 1. The molecule has 0 unspecified atom stereocenters. The van der Waals surface area contributed by atoms with Gasteiger partial charge in [-0.1, -0.05) is 18.2 Å². The van der Waals surface area contributed by atoms with E-state index in [9.17, 15) is 8.42 Å². The number of sulfonamides is 1. The molecule has 3 rings (SSSR count). The molecular weight excluding hydrogens is 366 g/mol. The lowest BCUT2D eigenvalue weighted by atomic mass is 9.74. The summed E-state index contributed by atoms with van der Waals surface area (Å²) in [5.74, 6) is 0.771. The molecule has 0 saturated carbocycles. The molecule has 1 aliphatic heterocycles. The first-order chi connectivity index (χ1) is 12.8. The van der Waals surface area contributed by atoms with Gasteiger partial charge in [0.25, 0.3) is 0 Å². The van der Waals surface area contributed by atoms with E-state index in [0.29, 0.717) is 24.6 Å². The molecule has 148 valence electrons. The van der Waals surface area contributed by atoms with E-state index >= 15 is 0 Å². The number of aromatic nitrogens is 2. The molecule has 2 aromatic rings. The Bertz CT molecular complexity index is 915. The van der Waals surface area contributed by atoms with Gasteiger partial charge in [0.05, 0.1) is 18.5 Å². The van der Waals surface area contributed by atoms with Crippen LogP contribution < -0.4 is 9.46 Å². The molecule has 0 atom stereocenters. The number of para-hydroxylation sites is 1. The van der Waals surface area contributed by atoms with Crippen LogP contribution in [0.4, 0.5) is 0 Å². The van der Waals surface area contributed by atoms with Gasteiger partial charge in [-0.05, 0) is 32.8 Å². The van der Waals surface area contributed by atoms with Gasteiger partial charge in [0.2, 0.25) is 10.0 Å². The molecule has 1 N–H and O–H groups in total. The summed E-state index contributed by atoms with van der Waals surface area (Å²) < 4.78 is 41.6. The zero-order valence-corrected chi connectivity index (χ0v) is 17.1. The van der Waals surface area contributed by atoms with Crippen LogP contribution in [0, 0.1) is 13.8 Å². The highest BCUT2D eigenvalue weighted by molar-refractivity contribution is 7.89. The molecule has 1 saturated heterocycles. The third kappa shape index (κ3) is 3.74. The topological polar surface area (TPSA) is 82.5 Å². The van der Waals surface area contributed by atoms with Gasteiger partial charge in [-0.3, -0.25) is 4.68 Å². The molecular formula is C19H27N3O4S. The van der Waals surface area contributed by atoms with E-state index < -0.39 is 10.0 Å². The summed E-state index contributed by atoms with van der Waals surface area (Å²) in [5, 5.41) is 4.23. The van der Waals surface area contributed by atoms with Gasteiger partial charge in [-0.15, -0.1) is 0 Å². The smallest absolute Gasteiger partial charge is 0.244 e. The molecule has 1 aromatic carbocycles. The summed E-state index contributed by atoms with van der Waals surface area (Å²) in [6.45, 7) is 4.94. The molecule has 0 aliphatic carbocycles. The molecule has 1 aliphatic rings. The van der Waals surface area contributed by atoms with Crippen molar-refractivity contribution in [3.8, 4) is 5.75 Å². The number of ether oxygens (including phenoxy) is 2. The van der Waals surface area contributed by atoms with Crippen LogP contribution in [0.5, 0.6) is 5.75 Å². The van der Waals surface area contributed by atoms with Crippen molar-refractivity contribution in [1.82, 2.24) is 14.5 Å². The number of hydrogen-bond donors (Lipinski definition) is 1. The first kappa shape index (κ1) is 19.9. The lowest BCUT2D eigenvalue weighted by Gasteiger charge is -2.38. The first-order valence-electron chi connectivity index (χ1n) is 9.02. The highest BCUT2D eigenvalue weighted by Crippen LogP contribution is 2.39. The van der Waals surface area contributed by atoms with Gasteiger partial charge >= 0.3 is 0 Å². The van der Waals surface area contributed by atoms with Crippen molar-refractivity contribution in [2.75, 3.05) is 26.9 Å². The van der Waals surface area contributed by atoms with E-state index in [1.807, 2.05) is 24.3 Å². The van der Waals surface area contributed by atoms with E-state index in [4.69, 9.17) is 9.47 Å². The predicted molar refractivity (Wildman–Crippen MR) is 103 cm³/mol. The maximum Gasteiger partial charge on any atom is 0.244 e. The lowest BCUT2D eigenvalue weighted by Crippen LogP contribution is -2.44. The van der Waals surface area contributed by atoms with Crippen molar-refractivity contribution in [3.63, 3.8) is 0 Å². The molecule has 0 bridgehead atoms.